The maximum atomic E-state index is 12.4. The molecule has 0 aliphatic carbocycles. The van der Waals surface area contributed by atoms with Crippen LogP contribution < -0.4 is 10.6 Å². The van der Waals surface area contributed by atoms with Gasteiger partial charge >= 0.3 is 0 Å². The van der Waals surface area contributed by atoms with Crippen LogP contribution in [0, 0.1) is 0 Å². The van der Waals surface area contributed by atoms with Crippen LogP contribution in [0.3, 0.4) is 0 Å². The van der Waals surface area contributed by atoms with Crippen LogP contribution in [-0.2, 0) is 24.4 Å². The van der Waals surface area contributed by atoms with Crippen molar-refractivity contribution in [2.24, 2.45) is 0 Å². The molecule has 2 N–H and O–H groups in total. The van der Waals surface area contributed by atoms with E-state index in [1.54, 1.807) is 0 Å². The zero-order valence-corrected chi connectivity index (χ0v) is 14.2. The average molecular weight is 345 g/mol. The van der Waals surface area contributed by atoms with Crippen molar-refractivity contribution >= 4 is 18.3 Å². The van der Waals surface area contributed by atoms with Crippen molar-refractivity contribution in [3.63, 3.8) is 0 Å². The molecule has 1 amide bonds. The van der Waals surface area contributed by atoms with Crippen LogP contribution >= 0.6 is 12.4 Å². The monoisotopic (exact) mass is 344 g/mol. The molecule has 2 aliphatic rings. The molecule has 0 spiro atoms. The molecule has 2 aromatic carbocycles. The van der Waals surface area contributed by atoms with Gasteiger partial charge in [-0.15, -0.1) is 12.4 Å². The lowest BCUT2D eigenvalue weighted by Crippen LogP contribution is -2.38. The Hall–Kier alpha value is -1.88. The van der Waals surface area contributed by atoms with Gasteiger partial charge in [-0.05, 0) is 47.4 Å². The van der Waals surface area contributed by atoms with E-state index >= 15 is 0 Å². The van der Waals surface area contributed by atoms with Gasteiger partial charge in [0.1, 0.15) is 0 Å². The zero-order chi connectivity index (χ0) is 15.6. The molecule has 0 fully saturated rings. The van der Waals surface area contributed by atoms with Gasteiger partial charge in [0, 0.05) is 18.2 Å². The first-order chi connectivity index (χ1) is 11.3. The fourth-order valence-electron chi connectivity index (χ4n) is 3.39. The fourth-order valence-corrected chi connectivity index (χ4v) is 3.39. The third-order valence-corrected chi connectivity index (χ3v) is 4.67. The van der Waals surface area contributed by atoms with Gasteiger partial charge in [0.15, 0.2) is 0 Å². The Kier molecular flexibility index (Phi) is 5.19. The number of hydrogen-bond donors (Lipinski definition) is 2. The predicted octanol–water partition coefficient (Wildman–Crippen LogP) is 2.76. The molecule has 0 radical (unpaired) electrons. The molecule has 126 valence electrons. The van der Waals surface area contributed by atoms with Crippen LogP contribution in [0.25, 0.3) is 0 Å². The van der Waals surface area contributed by atoms with E-state index in [1.165, 1.54) is 16.7 Å². The maximum Gasteiger partial charge on any atom is 0.251 e. The molecule has 4 rings (SSSR count). The van der Waals surface area contributed by atoms with Gasteiger partial charge in [0.05, 0.1) is 13.2 Å². The van der Waals surface area contributed by atoms with Crippen molar-refractivity contribution in [1.29, 1.82) is 0 Å². The number of rotatable bonds is 3. The highest BCUT2D eigenvalue weighted by atomic mass is 35.5. The van der Waals surface area contributed by atoms with Crippen LogP contribution in [0.5, 0.6) is 0 Å². The summed E-state index contributed by atoms with van der Waals surface area (Å²) in [5.74, 6) is -0.0236. The number of carbonyl (C=O) groups excluding carboxylic acids is 1. The highest BCUT2D eigenvalue weighted by Crippen LogP contribution is 2.23. The number of amides is 1. The lowest BCUT2D eigenvalue weighted by molar-refractivity contribution is 0.0949. The number of halogens is 1. The second-order valence-electron chi connectivity index (χ2n) is 6.14. The summed E-state index contributed by atoms with van der Waals surface area (Å²) < 4.78 is 5.40. The van der Waals surface area contributed by atoms with E-state index in [4.69, 9.17) is 4.74 Å². The molecule has 1 unspecified atom stereocenters. The van der Waals surface area contributed by atoms with Crippen molar-refractivity contribution in [2.45, 2.75) is 25.7 Å². The van der Waals surface area contributed by atoms with Crippen molar-refractivity contribution in [2.75, 3.05) is 13.1 Å². The first kappa shape index (κ1) is 17.0. The van der Waals surface area contributed by atoms with E-state index in [-0.39, 0.29) is 24.4 Å². The Morgan fingerprint density at radius 3 is 2.88 bits per heavy atom. The second kappa shape index (κ2) is 7.34. The number of fused-ring (bicyclic) bond motifs is 2. The largest absolute Gasteiger partial charge is 0.372 e. The first-order valence-electron chi connectivity index (χ1n) is 8.10. The molecule has 4 nitrogen and oxygen atoms in total. The Morgan fingerprint density at radius 2 is 1.96 bits per heavy atom. The summed E-state index contributed by atoms with van der Waals surface area (Å²) in [6, 6.07) is 14.4. The van der Waals surface area contributed by atoms with E-state index in [1.807, 2.05) is 18.2 Å². The van der Waals surface area contributed by atoms with E-state index in [0.717, 1.165) is 18.5 Å². The Morgan fingerprint density at radius 1 is 1.12 bits per heavy atom. The van der Waals surface area contributed by atoms with Gasteiger partial charge < -0.3 is 15.4 Å². The molecule has 2 aliphatic heterocycles. The lowest BCUT2D eigenvalue weighted by atomic mass is 9.94. The van der Waals surface area contributed by atoms with Crippen LogP contribution in [0.4, 0.5) is 0 Å². The summed E-state index contributed by atoms with van der Waals surface area (Å²) in [6.45, 7) is 2.81. The van der Waals surface area contributed by atoms with Gasteiger partial charge in [0.2, 0.25) is 0 Å². The maximum absolute atomic E-state index is 12.4. The molecule has 2 aromatic rings. The van der Waals surface area contributed by atoms with Crippen LogP contribution in [-0.4, -0.2) is 19.0 Å². The number of hydrogen-bond acceptors (Lipinski definition) is 3. The van der Waals surface area contributed by atoms with E-state index in [2.05, 4.69) is 34.9 Å². The van der Waals surface area contributed by atoms with Crippen molar-refractivity contribution < 1.29 is 9.53 Å². The van der Waals surface area contributed by atoms with Gasteiger partial charge in [-0.25, -0.2) is 0 Å². The minimum atomic E-state index is -0.0236. The molecule has 0 bridgehead atoms. The SMILES string of the molecule is Cl.O=C(NCC1NCCc2ccccc21)c1ccc2c(c1)COC2. The standard InChI is InChI=1S/C19H20N2O2.ClH/c22-19(14-5-6-15-11-23-12-16(15)9-14)21-10-18-17-4-2-1-3-13(17)7-8-20-18;/h1-6,9,18,20H,7-8,10-12H2,(H,21,22);1H. The molecule has 2 heterocycles. The Bertz CT molecular complexity index is 748. The number of carbonyl (C=O) groups is 1. The van der Waals surface area contributed by atoms with Gasteiger partial charge in [-0.2, -0.15) is 0 Å². The van der Waals surface area contributed by atoms with Crippen molar-refractivity contribution in [3.8, 4) is 0 Å². The van der Waals surface area contributed by atoms with Crippen LogP contribution in [0.2, 0.25) is 0 Å². The fraction of sp³-hybridized carbons (Fsp3) is 0.316. The normalized spacial score (nSPS) is 18.2. The predicted molar refractivity (Wildman–Crippen MR) is 95.4 cm³/mol. The minimum Gasteiger partial charge on any atom is -0.372 e. The molecule has 5 heteroatoms. The zero-order valence-electron chi connectivity index (χ0n) is 13.4. The van der Waals surface area contributed by atoms with E-state index < -0.39 is 0 Å². The molecule has 1 atom stereocenters. The highest BCUT2D eigenvalue weighted by Gasteiger charge is 2.20. The highest BCUT2D eigenvalue weighted by molar-refractivity contribution is 5.94. The van der Waals surface area contributed by atoms with Crippen molar-refractivity contribution in [3.05, 3.63) is 70.3 Å². The molecule has 0 aromatic heterocycles. The van der Waals surface area contributed by atoms with Crippen molar-refractivity contribution in [1.82, 2.24) is 10.6 Å². The quantitative estimate of drug-likeness (QED) is 0.900. The summed E-state index contributed by atoms with van der Waals surface area (Å²) >= 11 is 0. The third-order valence-electron chi connectivity index (χ3n) is 4.67. The summed E-state index contributed by atoms with van der Waals surface area (Å²) in [5, 5.41) is 6.55. The van der Waals surface area contributed by atoms with E-state index in [0.29, 0.717) is 25.3 Å². The van der Waals surface area contributed by atoms with Crippen LogP contribution in [0.1, 0.15) is 38.7 Å². The average Bonchev–Trinajstić information content (AvgIpc) is 3.07. The van der Waals surface area contributed by atoms with Gasteiger partial charge in [-0.3, -0.25) is 4.79 Å². The number of ether oxygens (including phenoxy) is 1. The van der Waals surface area contributed by atoms with Crippen LogP contribution in [0.15, 0.2) is 42.5 Å². The summed E-state index contributed by atoms with van der Waals surface area (Å²) in [5.41, 5.74) is 5.68. The van der Waals surface area contributed by atoms with E-state index in [9.17, 15) is 4.79 Å². The lowest BCUT2D eigenvalue weighted by Gasteiger charge is -2.27. The van der Waals surface area contributed by atoms with Gasteiger partial charge in [-0.1, -0.05) is 30.3 Å². The number of benzene rings is 2. The molecular formula is C19H21ClN2O2. The topological polar surface area (TPSA) is 50.4 Å². The minimum absolute atomic E-state index is 0. The van der Waals surface area contributed by atoms with Gasteiger partial charge in [0.25, 0.3) is 5.91 Å². The number of nitrogens with one attached hydrogen (secondary N) is 2. The summed E-state index contributed by atoms with van der Waals surface area (Å²) in [6.07, 6.45) is 1.05. The first-order valence-corrected chi connectivity index (χ1v) is 8.10. The second-order valence-corrected chi connectivity index (χ2v) is 6.14. The smallest absolute Gasteiger partial charge is 0.251 e. The summed E-state index contributed by atoms with van der Waals surface area (Å²) in [4.78, 5) is 12.4. The molecular weight excluding hydrogens is 324 g/mol. The summed E-state index contributed by atoms with van der Waals surface area (Å²) in [7, 11) is 0. The Balaban J connectivity index is 0.00000169. The Labute approximate surface area is 148 Å². The molecule has 0 saturated carbocycles. The molecule has 0 saturated heterocycles. The molecule has 24 heavy (non-hydrogen) atoms. The third kappa shape index (κ3) is 3.31.